The fraction of sp³-hybridized carbons (Fsp3) is 0.435. The summed E-state index contributed by atoms with van der Waals surface area (Å²) in [6.07, 6.45) is 0. The minimum absolute atomic E-state index is 0.115. The Bertz CT molecular complexity index is 1100. The fourth-order valence-electron chi connectivity index (χ4n) is 3.75. The quantitative estimate of drug-likeness (QED) is 0.529. The molecule has 3 heterocycles. The lowest BCUT2D eigenvalue weighted by Gasteiger charge is -2.26. The Morgan fingerprint density at radius 1 is 1.28 bits per heavy atom. The maximum absolute atomic E-state index is 13.4. The second kappa shape index (κ2) is 9.89. The Kier molecular flexibility index (Phi) is 6.98. The Balaban J connectivity index is 1.72. The smallest absolute Gasteiger partial charge is 0.348 e. The molecule has 32 heavy (non-hydrogen) atoms. The SMILES string of the molecule is CCOC(=O)c1sc2nc(CN3CCOCC3)nc(N[C@H](C)c3ccc(F)cc3)c2c1C. The largest absolute Gasteiger partial charge is 0.462 e. The van der Waals surface area contributed by atoms with Crippen molar-refractivity contribution in [3.8, 4) is 0 Å². The van der Waals surface area contributed by atoms with Crippen LogP contribution in [0.2, 0.25) is 0 Å². The maximum atomic E-state index is 13.4. The van der Waals surface area contributed by atoms with E-state index in [1.165, 1.54) is 23.5 Å². The van der Waals surface area contributed by atoms with Gasteiger partial charge >= 0.3 is 5.97 Å². The van der Waals surface area contributed by atoms with Crippen molar-refractivity contribution in [2.75, 3.05) is 38.2 Å². The number of morpholine rings is 1. The molecule has 1 N–H and O–H groups in total. The number of nitrogens with zero attached hydrogens (tertiary/aromatic N) is 3. The number of hydrogen-bond acceptors (Lipinski definition) is 8. The number of aryl methyl sites for hydroxylation is 1. The zero-order chi connectivity index (χ0) is 22.7. The van der Waals surface area contributed by atoms with E-state index in [0.29, 0.717) is 42.9 Å². The second-order valence-electron chi connectivity index (χ2n) is 7.75. The molecule has 7 nitrogen and oxygen atoms in total. The molecule has 1 saturated heterocycles. The number of thiophene rings is 1. The molecule has 3 aromatic rings. The minimum Gasteiger partial charge on any atom is -0.462 e. The highest BCUT2D eigenvalue weighted by molar-refractivity contribution is 7.20. The normalized spacial score (nSPS) is 15.6. The number of aromatic nitrogens is 2. The average Bonchev–Trinajstić information content (AvgIpc) is 3.11. The van der Waals surface area contributed by atoms with E-state index in [2.05, 4.69) is 10.2 Å². The van der Waals surface area contributed by atoms with Crippen molar-refractivity contribution >= 4 is 33.3 Å². The van der Waals surface area contributed by atoms with Gasteiger partial charge in [-0.3, -0.25) is 4.90 Å². The van der Waals surface area contributed by atoms with Crippen molar-refractivity contribution in [2.24, 2.45) is 0 Å². The third kappa shape index (κ3) is 4.90. The predicted octanol–water partition coefficient (Wildman–Crippen LogP) is 4.32. The topological polar surface area (TPSA) is 76.6 Å². The molecule has 0 aliphatic carbocycles. The highest BCUT2D eigenvalue weighted by Crippen LogP contribution is 2.36. The van der Waals surface area contributed by atoms with Crippen LogP contribution in [0.15, 0.2) is 24.3 Å². The fourth-order valence-corrected chi connectivity index (χ4v) is 4.84. The van der Waals surface area contributed by atoms with E-state index in [1.807, 2.05) is 13.8 Å². The first-order valence-corrected chi connectivity index (χ1v) is 11.6. The summed E-state index contributed by atoms with van der Waals surface area (Å²) in [4.78, 5) is 25.6. The van der Waals surface area contributed by atoms with Crippen LogP contribution in [0.1, 0.15) is 46.5 Å². The number of hydrogen-bond donors (Lipinski definition) is 1. The van der Waals surface area contributed by atoms with E-state index in [9.17, 15) is 9.18 Å². The van der Waals surface area contributed by atoms with Crippen molar-refractivity contribution in [3.05, 3.63) is 51.9 Å². The summed E-state index contributed by atoms with van der Waals surface area (Å²) < 4.78 is 24.0. The summed E-state index contributed by atoms with van der Waals surface area (Å²) in [5.74, 6) is 0.732. The van der Waals surface area contributed by atoms with Crippen LogP contribution in [0.3, 0.4) is 0 Å². The number of esters is 1. The van der Waals surface area contributed by atoms with Gasteiger partial charge in [0, 0.05) is 19.1 Å². The number of rotatable bonds is 7. The third-order valence-corrected chi connectivity index (χ3v) is 6.65. The predicted molar refractivity (Wildman–Crippen MR) is 123 cm³/mol. The number of carbonyl (C=O) groups excluding carboxylic acids is 1. The summed E-state index contributed by atoms with van der Waals surface area (Å²) in [5, 5.41) is 4.28. The first kappa shape index (κ1) is 22.6. The molecule has 0 saturated carbocycles. The summed E-state index contributed by atoms with van der Waals surface area (Å²) in [6.45, 7) is 9.64. The van der Waals surface area contributed by atoms with Crippen LogP contribution in [0.4, 0.5) is 10.2 Å². The van der Waals surface area contributed by atoms with Gasteiger partial charge in [-0.15, -0.1) is 11.3 Å². The third-order valence-electron chi connectivity index (χ3n) is 5.49. The van der Waals surface area contributed by atoms with Crippen molar-refractivity contribution in [2.45, 2.75) is 33.4 Å². The van der Waals surface area contributed by atoms with Gasteiger partial charge in [0.15, 0.2) is 0 Å². The van der Waals surface area contributed by atoms with Gasteiger partial charge in [0.05, 0.1) is 31.8 Å². The molecule has 1 aromatic carbocycles. The Morgan fingerprint density at radius 3 is 2.69 bits per heavy atom. The second-order valence-corrected chi connectivity index (χ2v) is 8.75. The number of benzene rings is 1. The van der Waals surface area contributed by atoms with Crippen LogP contribution < -0.4 is 5.32 Å². The molecule has 4 rings (SSSR count). The van der Waals surface area contributed by atoms with Crippen molar-refractivity contribution < 1.29 is 18.7 Å². The molecule has 2 aromatic heterocycles. The molecule has 1 fully saturated rings. The molecule has 1 aliphatic heterocycles. The molecule has 9 heteroatoms. The lowest BCUT2D eigenvalue weighted by Crippen LogP contribution is -2.36. The number of carbonyl (C=O) groups is 1. The van der Waals surface area contributed by atoms with Gasteiger partial charge in [-0.05, 0) is 44.0 Å². The molecule has 1 atom stereocenters. The van der Waals surface area contributed by atoms with Crippen molar-refractivity contribution in [1.29, 1.82) is 0 Å². The van der Waals surface area contributed by atoms with Gasteiger partial charge in [0.1, 0.15) is 27.2 Å². The van der Waals surface area contributed by atoms with E-state index in [0.717, 1.165) is 34.4 Å². The van der Waals surface area contributed by atoms with E-state index < -0.39 is 0 Å². The maximum Gasteiger partial charge on any atom is 0.348 e. The van der Waals surface area contributed by atoms with Crippen molar-refractivity contribution in [3.63, 3.8) is 0 Å². The van der Waals surface area contributed by atoms with Gasteiger partial charge in [0.2, 0.25) is 0 Å². The number of fused-ring (bicyclic) bond motifs is 1. The Morgan fingerprint density at radius 2 is 2.00 bits per heavy atom. The molecule has 0 spiro atoms. The monoisotopic (exact) mass is 458 g/mol. The van der Waals surface area contributed by atoms with Crippen LogP contribution in [-0.4, -0.2) is 53.7 Å². The standard InChI is InChI=1S/C23H27FN4O3S/c1-4-31-23(29)20-14(2)19-21(25-15(3)16-5-7-17(24)8-6-16)26-18(27-22(19)32-20)13-28-9-11-30-12-10-28/h5-8,15H,4,9-13H2,1-3H3,(H,25,26,27)/t15-/m1/s1. The average molecular weight is 459 g/mol. The Labute approximate surface area is 190 Å². The van der Waals surface area contributed by atoms with Crippen molar-refractivity contribution in [1.82, 2.24) is 14.9 Å². The van der Waals surface area contributed by atoms with Gasteiger partial charge in [0.25, 0.3) is 0 Å². The minimum atomic E-state index is -0.347. The molecule has 0 unspecified atom stereocenters. The zero-order valence-electron chi connectivity index (χ0n) is 18.5. The van der Waals surface area contributed by atoms with E-state index in [1.54, 1.807) is 19.1 Å². The van der Waals surface area contributed by atoms with Gasteiger partial charge in [-0.25, -0.2) is 19.2 Å². The lowest BCUT2D eigenvalue weighted by molar-refractivity contribution is 0.0331. The highest BCUT2D eigenvalue weighted by Gasteiger charge is 2.23. The number of ether oxygens (including phenoxy) is 2. The number of anilines is 1. The summed E-state index contributed by atoms with van der Waals surface area (Å²) >= 11 is 1.33. The van der Waals surface area contributed by atoms with Crippen LogP contribution in [0.25, 0.3) is 10.2 Å². The molecule has 0 bridgehead atoms. The molecular weight excluding hydrogens is 431 g/mol. The van der Waals surface area contributed by atoms with E-state index >= 15 is 0 Å². The van der Waals surface area contributed by atoms with E-state index in [4.69, 9.17) is 19.4 Å². The zero-order valence-corrected chi connectivity index (χ0v) is 19.3. The molecule has 170 valence electrons. The molecule has 1 aliphatic rings. The van der Waals surface area contributed by atoms with E-state index in [-0.39, 0.29) is 17.8 Å². The first-order chi connectivity index (χ1) is 15.5. The van der Waals surface area contributed by atoms with Crippen LogP contribution >= 0.6 is 11.3 Å². The first-order valence-electron chi connectivity index (χ1n) is 10.8. The molecule has 0 amide bonds. The molecule has 0 radical (unpaired) electrons. The summed E-state index contributed by atoms with van der Waals surface area (Å²) in [7, 11) is 0. The van der Waals surface area contributed by atoms with Gasteiger partial charge in [-0.1, -0.05) is 12.1 Å². The number of nitrogens with one attached hydrogen (secondary N) is 1. The summed E-state index contributed by atoms with van der Waals surface area (Å²) in [5.41, 5.74) is 1.74. The summed E-state index contributed by atoms with van der Waals surface area (Å²) in [6, 6.07) is 6.29. The van der Waals surface area contributed by atoms with Crippen LogP contribution in [-0.2, 0) is 16.0 Å². The van der Waals surface area contributed by atoms with Gasteiger partial charge < -0.3 is 14.8 Å². The van der Waals surface area contributed by atoms with Crippen LogP contribution in [0.5, 0.6) is 0 Å². The Hall–Kier alpha value is -2.62. The van der Waals surface area contributed by atoms with Gasteiger partial charge in [-0.2, -0.15) is 0 Å². The van der Waals surface area contributed by atoms with Crippen LogP contribution in [0, 0.1) is 12.7 Å². The number of halogens is 1. The highest BCUT2D eigenvalue weighted by atomic mass is 32.1. The molecular formula is C23H27FN4O3S. The lowest BCUT2D eigenvalue weighted by atomic mass is 10.1.